The molecule has 19 heavy (non-hydrogen) atoms. The number of para-hydroxylation sites is 2. The van der Waals surface area contributed by atoms with Crippen molar-refractivity contribution in [2.45, 2.75) is 12.7 Å². The van der Waals surface area contributed by atoms with E-state index in [0.29, 0.717) is 12.3 Å². The normalized spacial score (nSPS) is 10.4. The summed E-state index contributed by atoms with van der Waals surface area (Å²) in [7, 11) is 0. The summed E-state index contributed by atoms with van der Waals surface area (Å²) in [6, 6.07) is 16.2. The maximum absolute atomic E-state index is 5.81. The van der Waals surface area contributed by atoms with E-state index in [1.165, 1.54) is 11.1 Å². The van der Waals surface area contributed by atoms with Gasteiger partial charge >= 0.3 is 0 Å². The Bertz CT molecular complexity index is 528. The number of hydrogen-bond donors (Lipinski definition) is 1. The summed E-state index contributed by atoms with van der Waals surface area (Å²) in [6.45, 7) is 2.81. The summed E-state index contributed by atoms with van der Waals surface area (Å²) < 4.78 is 5.65. The van der Waals surface area contributed by atoms with Crippen LogP contribution in [-0.2, 0) is 5.75 Å². The van der Waals surface area contributed by atoms with E-state index in [1.807, 2.05) is 36.0 Å². The maximum Gasteiger partial charge on any atom is 0.142 e. The molecule has 0 saturated heterocycles. The molecule has 2 aromatic rings. The van der Waals surface area contributed by atoms with Gasteiger partial charge in [0.1, 0.15) is 5.75 Å². The zero-order valence-electron chi connectivity index (χ0n) is 11.1. The van der Waals surface area contributed by atoms with Crippen LogP contribution in [0.5, 0.6) is 5.75 Å². The Morgan fingerprint density at radius 2 is 1.95 bits per heavy atom. The highest BCUT2D eigenvalue weighted by atomic mass is 32.2. The molecule has 0 aliphatic heterocycles. The molecule has 0 amide bonds. The summed E-state index contributed by atoms with van der Waals surface area (Å²) in [5, 5.41) is 0. The van der Waals surface area contributed by atoms with Crippen molar-refractivity contribution in [3.8, 4) is 5.75 Å². The Morgan fingerprint density at radius 3 is 2.74 bits per heavy atom. The highest BCUT2D eigenvalue weighted by molar-refractivity contribution is 7.98. The molecule has 2 N–H and O–H groups in total. The molecule has 0 heterocycles. The molecule has 0 spiro atoms. The molecule has 0 unspecified atom stereocenters. The van der Waals surface area contributed by atoms with Crippen molar-refractivity contribution in [2.24, 2.45) is 0 Å². The average molecular weight is 273 g/mol. The number of nitrogens with two attached hydrogens (primary N) is 1. The molecule has 2 nitrogen and oxygen atoms in total. The van der Waals surface area contributed by atoms with E-state index < -0.39 is 0 Å². The predicted octanol–water partition coefficient (Wildman–Crippen LogP) is 3.89. The molecule has 2 rings (SSSR count). The van der Waals surface area contributed by atoms with Crippen LogP contribution in [0.4, 0.5) is 5.69 Å². The lowest BCUT2D eigenvalue weighted by atomic mass is 10.2. The fourth-order valence-electron chi connectivity index (χ4n) is 1.81. The van der Waals surface area contributed by atoms with Crippen LogP contribution in [0.25, 0.3) is 0 Å². The second-order valence-corrected chi connectivity index (χ2v) is 5.53. The van der Waals surface area contributed by atoms with E-state index >= 15 is 0 Å². The van der Waals surface area contributed by atoms with Gasteiger partial charge in [-0.1, -0.05) is 42.0 Å². The van der Waals surface area contributed by atoms with E-state index in [9.17, 15) is 0 Å². The highest BCUT2D eigenvalue weighted by Crippen LogP contribution is 2.20. The first-order chi connectivity index (χ1) is 9.25. The van der Waals surface area contributed by atoms with Crippen molar-refractivity contribution < 1.29 is 4.74 Å². The first kappa shape index (κ1) is 13.8. The molecule has 0 atom stereocenters. The minimum atomic E-state index is 0.685. The van der Waals surface area contributed by atoms with Gasteiger partial charge in [-0.15, -0.1) is 0 Å². The van der Waals surface area contributed by atoms with Gasteiger partial charge in [-0.05, 0) is 24.6 Å². The van der Waals surface area contributed by atoms with Crippen LogP contribution in [0, 0.1) is 6.92 Å². The summed E-state index contributed by atoms with van der Waals surface area (Å²) in [4.78, 5) is 0. The summed E-state index contributed by atoms with van der Waals surface area (Å²) in [6.07, 6.45) is 0. The van der Waals surface area contributed by atoms with E-state index in [1.54, 1.807) is 0 Å². The molecule has 0 saturated carbocycles. The number of thioether (sulfide) groups is 1. The van der Waals surface area contributed by atoms with E-state index in [4.69, 9.17) is 10.5 Å². The Hall–Kier alpha value is -1.61. The van der Waals surface area contributed by atoms with Crippen LogP contribution in [0.1, 0.15) is 11.1 Å². The van der Waals surface area contributed by atoms with Gasteiger partial charge in [-0.3, -0.25) is 0 Å². The van der Waals surface area contributed by atoms with Crippen LogP contribution in [0.15, 0.2) is 48.5 Å². The zero-order chi connectivity index (χ0) is 13.5. The van der Waals surface area contributed by atoms with Gasteiger partial charge in [0.25, 0.3) is 0 Å². The molecule has 0 aliphatic rings. The van der Waals surface area contributed by atoms with Crippen LogP contribution >= 0.6 is 11.8 Å². The summed E-state index contributed by atoms with van der Waals surface area (Å²) in [5.41, 5.74) is 9.19. The SMILES string of the molecule is Cc1cccc(CSCCOc2ccccc2N)c1. The van der Waals surface area contributed by atoms with E-state index in [0.717, 1.165) is 17.3 Å². The number of rotatable bonds is 6. The number of anilines is 1. The van der Waals surface area contributed by atoms with Crippen molar-refractivity contribution in [3.05, 3.63) is 59.7 Å². The van der Waals surface area contributed by atoms with Crippen molar-refractivity contribution in [1.29, 1.82) is 0 Å². The van der Waals surface area contributed by atoms with Crippen molar-refractivity contribution in [1.82, 2.24) is 0 Å². The Morgan fingerprint density at radius 1 is 1.11 bits per heavy atom. The fourth-order valence-corrected chi connectivity index (χ4v) is 2.58. The molecular formula is C16H19NOS. The minimum Gasteiger partial charge on any atom is -0.491 e. The standard InChI is InChI=1S/C16H19NOS/c1-13-5-4-6-14(11-13)12-19-10-9-18-16-8-3-2-7-15(16)17/h2-8,11H,9-10,12,17H2,1H3. The average Bonchev–Trinajstić information content (AvgIpc) is 2.40. The molecule has 2 aromatic carbocycles. The molecule has 3 heteroatoms. The first-order valence-electron chi connectivity index (χ1n) is 6.36. The second-order valence-electron chi connectivity index (χ2n) is 4.43. The van der Waals surface area contributed by atoms with Gasteiger partial charge in [-0.25, -0.2) is 0 Å². The number of benzene rings is 2. The Kier molecular flexibility index (Phi) is 5.16. The minimum absolute atomic E-state index is 0.685. The Balaban J connectivity index is 1.69. The lowest BCUT2D eigenvalue weighted by Gasteiger charge is -2.08. The van der Waals surface area contributed by atoms with Gasteiger partial charge in [0, 0.05) is 11.5 Å². The lowest BCUT2D eigenvalue weighted by Crippen LogP contribution is -2.02. The summed E-state index contributed by atoms with van der Waals surface area (Å²) in [5.74, 6) is 2.76. The number of hydrogen-bond acceptors (Lipinski definition) is 3. The van der Waals surface area contributed by atoms with E-state index in [2.05, 4.69) is 31.2 Å². The summed E-state index contributed by atoms with van der Waals surface area (Å²) >= 11 is 1.87. The molecule has 0 aromatic heterocycles. The smallest absolute Gasteiger partial charge is 0.142 e. The molecule has 0 aliphatic carbocycles. The molecule has 0 bridgehead atoms. The number of aryl methyl sites for hydroxylation is 1. The molecule has 0 radical (unpaired) electrons. The van der Waals surface area contributed by atoms with Gasteiger partial charge in [-0.2, -0.15) is 11.8 Å². The number of nitrogen functional groups attached to an aromatic ring is 1. The quantitative estimate of drug-likeness (QED) is 0.640. The fraction of sp³-hybridized carbons (Fsp3) is 0.250. The zero-order valence-corrected chi connectivity index (χ0v) is 12.0. The third-order valence-electron chi connectivity index (χ3n) is 2.76. The molecule has 100 valence electrons. The topological polar surface area (TPSA) is 35.2 Å². The van der Waals surface area contributed by atoms with Crippen molar-refractivity contribution in [2.75, 3.05) is 18.1 Å². The van der Waals surface area contributed by atoms with Gasteiger partial charge in [0.15, 0.2) is 0 Å². The Labute approximate surface area is 119 Å². The van der Waals surface area contributed by atoms with Gasteiger partial charge < -0.3 is 10.5 Å². The molecule has 0 fully saturated rings. The maximum atomic E-state index is 5.81. The second kappa shape index (κ2) is 7.10. The first-order valence-corrected chi connectivity index (χ1v) is 7.52. The largest absolute Gasteiger partial charge is 0.491 e. The van der Waals surface area contributed by atoms with Crippen LogP contribution in [0.3, 0.4) is 0 Å². The third kappa shape index (κ3) is 4.52. The lowest BCUT2D eigenvalue weighted by molar-refractivity contribution is 0.346. The van der Waals surface area contributed by atoms with Crippen molar-refractivity contribution >= 4 is 17.4 Å². The van der Waals surface area contributed by atoms with Crippen LogP contribution in [0.2, 0.25) is 0 Å². The van der Waals surface area contributed by atoms with Gasteiger partial charge in [0.2, 0.25) is 0 Å². The predicted molar refractivity (Wildman–Crippen MR) is 83.7 cm³/mol. The van der Waals surface area contributed by atoms with Crippen LogP contribution in [-0.4, -0.2) is 12.4 Å². The molecular weight excluding hydrogens is 254 g/mol. The van der Waals surface area contributed by atoms with Gasteiger partial charge in [0.05, 0.1) is 12.3 Å². The van der Waals surface area contributed by atoms with Crippen molar-refractivity contribution in [3.63, 3.8) is 0 Å². The third-order valence-corrected chi connectivity index (χ3v) is 3.75. The van der Waals surface area contributed by atoms with E-state index in [-0.39, 0.29) is 0 Å². The monoisotopic (exact) mass is 273 g/mol. The highest BCUT2D eigenvalue weighted by Gasteiger charge is 1.98. The van der Waals surface area contributed by atoms with Crippen LogP contribution < -0.4 is 10.5 Å². The number of ether oxygens (including phenoxy) is 1.